The molecule has 3 aromatic rings. The zero-order valence-corrected chi connectivity index (χ0v) is 17.5. The molecule has 2 aromatic heterocycles. The number of sulfonamides is 1. The third kappa shape index (κ3) is 3.34. The maximum Gasteiger partial charge on any atom is 0.243 e. The molecule has 29 heavy (non-hydrogen) atoms. The molecule has 1 aliphatic rings. The van der Waals surface area contributed by atoms with Crippen molar-refractivity contribution in [3.63, 3.8) is 0 Å². The standard InChI is InChI=1S/C20H24N4O4S/c1-4-24-19(22-16-6-5-10-21-20(16)24)14-9-11-23(13-14)29(25,26)15-7-8-17(27-2)18(12-15)28-3/h5-8,10,12,14H,4,9,11,13H2,1-3H3. The molecule has 3 heterocycles. The average Bonchev–Trinajstić information content (AvgIpc) is 3.38. The molecule has 0 aliphatic carbocycles. The fourth-order valence-corrected chi connectivity index (χ4v) is 5.40. The van der Waals surface area contributed by atoms with Gasteiger partial charge in [0.05, 0.1) is 19.1 Å². The van der Waals surface area contributed by atoms with Gasteiger partial charge in [-0.3, -0.25) is 0 Å². The average molecular weight is 417 g/mol. The minimum atomic E-state index is -3.64. The monoisotopic (exact) mass is 416 g/mol. The Morgan fingerprint density at radius 2 is 1.97 bits per heavy atom. The summed E-state index contributed by atoms with van der Waals surface area (Å²) in [5, 5.41) is 0. The van der Waals surface area contributed by atoms with Gasteiger partial charge in [-0.1, -0.05) is 0 Å². The Kier molecular flexibility index (Phi) is 5.18. The lowest BCUT2D eigenvalue weighted by Gasteiger charge is -2.18. The number of fused-ring (bicyclic) bond motifs is 1. The van der Waals surface area contributed by atoms with Gasteiger partial charge < -0.3 is 14.0 Å². The van der Waals surface area contributed by atoms with Crippen LogP contribution < -0.4 is 9.47 Å². The Morgan fingerprint density at radius 3 is 2.69 bits per heavy atom. The van der Waals surface area contributed by atoms with Gasteiger partial charge in [-0.15, -0.1) is 0 Å². The molecule has 1 fully saturated rings. The highest BCUT2D eigenvalue weighted by Crippen LogP contribution is 2.35. The molecule has 1 aliphatic heterocycles. The number of ether oxygens (including phenoxy) is 2. The number of aromatic nitrogens is 3. The smallest absolute Gasteiger partial charge is 0.243 e. The lowest BCUT2D eigenvalue weighted by molar-refractivity contribution is 0.353. The molecule has 9 heteroatoms. The molecule has 0 radical (unpaired) electrons. The molecule has 1 unspecified atom stereocenters. The SMILES string of the molecule is CCn1c(C2CCN(S(=O)(=O)c3ccc(OC)c(OC)c3)C2)nc2cccnc21. The first-order valence-electron chi connectivity index (χ1n) is 9.53. The van der Waals surface area contributed by atoms with Gasteiger partial charge in [0.25, 0.3) is 0 Å². The molecule has 0 bridgehead atoms. The molecule has 0 N–H and O–H groups in total. The molecule has 4 rings (SSSR count). The summed E-state index contributed by atoms with van der Waals surface area (Å²) in [4.78, 5) is 9.38. The lowest BCUT2D eigenvalue weighted by atomic mass is 10.1. The highest BCUT2D eigenvalue weighted by atomic mass is 32.2. The van der Waals surface area contributed by atoms with Crippen molar-refractivity contribution < 1.29 is 17.9 Å². The molecule has 154 valence electrons. The summed E-state index contributed by atoms with van der Waals surface area (Å²) >= 11 is 0. The van der Waals surface area contributed by atoms with Crippen LogP contribution in [0.3, 0.4) is 0 Å². The Hall–Kier alpha value is -2.65. The second-order valence-corrected chi connectivity index (χ2v) is 8.86. The fraction of sp³-hybridized carbons (Fsp3) is 0.400. The Morgan fingerprint density at radius 1 is 1.17 bits per heavy atom. The maximum absolute atomic E-state index is 13.2. The zero-order chi connectivity index (χ0) is 20.6. The minimum Gasteiger partial charge on any atom is -0.493 e. The van der Waals surface area contributed by atoms with E-state index in [2.05, 4.69) is 9.55 Å². The van der Waals surface area contributed by atoms with E-state index >= 15 is 0 Å². The second-order valence-electron chi connectivity index (χ2n) is 6.93. The predicted octanol–water partition coefficient (Wildman–Crippen LogP) is 2.65. The van der Waals surface area contributed by atoms with Gasteiger partial charge in [0.1, 0.15) is 11.3 Å². The molecule has 1 atom stereocenters. The number of nitrogens with zero attached hydrogens (tertiary/aromatic N) is 4. The van der Waals surface area contributed by atoms with Crippen LogP contribution in [0, 0.1) is 0 Å². The van der Waals surface area contributed by atoms with Crippen LogP contribution in [0.2, 0.25) is 0 Å². The van der Waals surface area contributed by atoms with Gasteiger partial charge >= 0.3 is 0 Å². The first-order chi connectivity index (χ1) is 14.0. The quantitative estimate of drug-likeness (QED) is 0.614. The van der Waals surface area contributed by atoms with E-state index in [1.54, 1.807) is 18.3 Å². The predicted molar refractivity (Wildman–Crippen MR) is 109 cm³/mol. The molecule has 1 saturated heterocycles. The largest absolute Gasteiger partial charge is 0.493 e. The topological polar surface area (TPSA) is 86.6 Å². The van der Waals surface area contributed by atoms with Crippen molar-refractivity contribution in [2.24, 2.45) is 0 Å². The first-order valence-corrected chi connectivity index (χ1v) is 11.0. The highest BCUT2D eigenvalue weighted by Gasteiger charge is 2.36. The van der Waals surface area contributed by atoms with E-state index in [0.717, 1.165) is 30.0 Å². The van der Waals surface area contributed by atoms with E-state index < -0.39 is 10.0 Å². The van der Waals surface area contributed by atoms with E-state index in [0.29, 0.717) is 24.6 Å². The number of methoxy groups -OCH3 is 2. The number of aryl methyl sites for hydroxylation is 1. The van der Waals surface area contributed by atoms with E-state index in [-0.39, 0.29) is 10.8 Å². The van der Waals surface area contributed by atoms with Crippen molar-refractivity contribution in [3.05, 3.63) is 42.4 Å². The molecule has 0 spiro atoms. The van der Waals surface area contributed by atoms with Gasteiger partial charge in [0.2, 0.25) is 10.0 Å². The van der Waals surface area contributed by atoms with Gasteiger partial charge in [0.15, 0.2) is 17.1 Å². The number of hydrogen-bond acceptors (Lipinski definition) is 6. The summed E-state index contributed by atoms with van der Waals surface area (Å²) in [6.07, 6.45) is 2.47. The van der Waals surface area contributed by atoms with Crippen LogP contribution >= 0.6 is 0 Å². The zero-order valence-electron chi connectivity index (χ0n) is 16.7. The maximum atomic E-state index is 13.2. The number of hydrogen-bond donors (Lipinski definition) is 0. The summed E-state index contributed by atoms with van der Waals surface area (Å²) in [6, 6.07) is 8.47. The van der Waals surface area contributed by atoms with Crippen LogP contribution in [0.5, 0.6) is 11.5 Å². The molecule has 8 nitrogen and oxygen atoms in total. The van der Waals surface area contributed by atoms with Crippen LogP contribution in [0.4, 0.5) is 0 Å². The highest BCUT2D eigenvalue weighted by molar-refractivity contribution is 7.89. The summed E-state index contributed by atoms with van der Waals surface area (Å²) < 4.78 is 40.5. The van der Waals surface area contributed by atoms with Gasteiger partial charge in [-0.05, 0) is 37.6 Å². The lowest BCUT2D eigenvalue weighted by Crippen LogP contribution is -2.29. The van der Waals surface area contributed by atoms with Gasteiger partial charge in [0, 0.05) is 37.8 Å². The molecular weight excluding hydrogens is 392 g/mol. The Balaban J connectivity index is 1.63. The van der Waals surface area contributed by atoms with E-state index in [4.69, 9.17) is 14.5 Å². The normalized spacial score (nSPS) is 17.7. The van der Waals surface area contributed by atoms with Crippen molar-refractivity contribution in [2.45, 2.75) is 30.7 Å². The molecular formula is C20H24N4O4S. The van der Waals surface area contributed by atoms with Crippen LogP contribution in [-0.4, -0.2) is 54.6 Å². The van der Waals surface area contributed by atoms with Crippen LogP contribution in [0.15, 0.2) is 41.4 Å². The second kappa shape index (κ2) is 7.64. The van der Waals surface area contributed by atoms with Crippen LogP contribution in [0.1, 0.15) is 25.1 Å². The molecule has 0 amide bonds. The van der Waals surface area contributed by atoms with Crippen molar-refractivity contribution in [1.29, 1.82) is 0 Å². The summed E-state index contributed by atoms with van der Waals surface area (Å²) in [7, 11) is -0.633. The third-order valence-electron chi connectivity index (χ3n) is 5.36. The Labute approximate surface area is 170 Å². The molecule has 0 saturated carbocycles. The van der Waals surface area contributed by atoms with E-state index in [1.165, 1.54) is 24.6 Å². The number of pyridine rings is 1. The van der Waals surface area contributed by atoms with Crippen molar-refractivity contribution in [1.82, 2.24) is 18.8 Å². The third-order valence-corrected chi connectivity index (χ3v) is 7.22. The van der Waals surface area contributed by atoms with E-state index in [1.807, 2.05) is 19.1 Å². The van der Waals surface area contributed by atoms with Crippen LogP contribution in [-0.2, 0) is 16.6 Å². The molecule has 1 aromatic carbocycles. The summed E-state index contributed by atoms with van der Waals surface area (Å²) in [6.45, 7) is 3.62. The Bertz CT molecular complexity index is 1140. The van der Waals surface area contributed by atoms with Crippen molar-refractivity contribution in [2.75, 3.05) is 27.3 Å². The number of rotatable bonds is 6. The van der Waals surface area contributed by atoms with Crippen LogP contribution in [0.25, 0.3) is 11.2 Å². The number of imidazole rings is 1. The summed E-state index contributed by atoms with van der Waals surface area (Å²) in [5.74, 6) is 1.81. The fourth-order valence-electron chi connectivity index (χ4n) is 3.88. The van der Waals surface area contributed by atoms with Crippen molar-refractivity contribution in [3.8, 4) is 11.5 Å². The first kappa shape index (κ1) is 19.7. The van der Waals surface area contributed by atoms with Gasteiger partial charge in [-0.2, -0.15) is 4.31 Å². The minimum absolute atomic E-state index is 0.0269. The number of benzene rings is 1. The van der Waals surface area contributed by atoms with Crippen molar-refractivity contribution >= 4 is 21.2 Å². The van der Waals surface area contributed by atoms with E-state index in [9.17, 15) is 8.42 Å². The van der Waals surface area contributed by atoms with Gasteiger partial charge in [-0.25, -0.2) is 18.4 Å². The summed E-state index contributed by atoms with van der Waals surface area (Å²) in [5.41, 5.74) is 1.68.